The van der Waals surface area contributed by atoms with Crippen molar-refractivity contribution < 1.29 is 0 Å². The fourth-order valence-corrected chi connectivity index (χ4v) is 8.91. The van der Waals surface area contributed by atoms with Gasteiger partial charge in [0.1, 0.15) is 0 Å². The van der Waals surface area contributed by atoms with Crippen LogP contribution < -0.4 is 10.4 Å². The molecular weight excluding hydrogens is 453 g/mol. The highest BCUT2D eigenvalue weighted by molar-refractivity contribution is 6.90. The van der Waals surface area contributed by atoms with Gasteiger partial charge in [-0.3, -0.25) is 0 Å². The molecule has 0 nitrogen and oxygen atoms in total. The van der Waals surface area contributed by atoms with Crippen LogP contribution in [0, 0.1) is 13.8 Å². The van der Waals surface area contributed by atoms with Gasteiger partial charge in [-0.2, -0.15) is 0 Å². The van der Waals surface area contributed by atoms with E-state index in [9.17, 15) is 0 Å². The highest BCUT2D eigenvalue weighted by Gasteiger charge is 2.30. The minimum Gasteiger partial charge on any atom is -0.0656 e. The molecule has 4 aromatic rings. The molecule has 178 valence electrons. The molecule has 0 amide bonds. The van der Waals surface area contributed by atoms with E-state index < -0.39 is 16.1 Å². The first kappa shape index (κ1) is 24.0. The molecule has 0 atom stereocenters. The Kier molecular flexibility index (Phi) is 5.81. The number of hydrogen-bond donors (Lipinski definition) is 0. The average molecular weight is 491 g/mol. The molecule has 0 fully saturated rings. The second-order valence-electron chi connectivity index (χ2n) is 12.4. The van der Waals surface area contributed by atoms with Crippen molar-refractivity contribution in [2.24, 2.45) is 0 Å². The summed E-state index contributed by atoms with van der Waals surface area (Å²) in [5.41, 5.74) is 14.4. The molecule has 5 rings (SSSR count). The quantitative estimate of drug-likeness (QED) is 0.222. The summed E-state index contributed by atoms with van der Waals surface area (Å²) in [7, 11) is -3.12. The van der Waals surface area contributed by atoms with E-state index in [4.69, 9.17) is 0 Å². The number of hydrogen-bond acceptors (Lipinski definition) is 0. The van der Waals surface area contributed by atoms with Gasteiger partial charge in [0.05, 0.1) is 16.1 Å². The zero-order valence-electron chi connectivity index (χ0n) is 22.6. The molecule has 0 unspecified atom stereocenters. The maximum atomic E-state index is 2.58. The summed E-state index contributed by atoms with van der Waals surface area (Å²) in [5, 5.41) is 3.16. The molecule has 35 heavy (non-hydrogen) atoms. The van der Waals surface area contributed by atoms with E-state index in [0.717, 1.165) is 6.42 Å². The van der Waals surface area contributed by atoms with Crippen molar-refractivity contribution in [1.29, 1.82) is 0 Å². The Morgan fingerprint density at radius 1 is 0.457 bits per heavy atom. The van der Waals surface area contributed by atoms with Gasteiger partial charge in [-0.05, 0) is 75.9 Å². The normalized spacial score (nSPS) is 13.0. The highest BCUT2D eigenvalue weighted by Crippen LogP contribution is 2.41. The molecule has 0 aromatic heterocycles. The first-order chi connectivity index (χ1) is 16.4. The largest absolute Gasteiger partial charge is 0.0784 e. The van der Waals surface area contributed by atoms with Crippen molar-refractivity contribution in [2.75, 3.05) is 0 Å². The smallest absolute Gasteiger partial charge is 0.0656 e. The van der Waals surface area contributed by atoms with Crippen LogP contribution in [0.5, 0.6) is 0 Å². The molecule has 0 radical (unpaired) electrons. The van der Waals surface area contributed by atoms with Gasteiger partial charge in [0.15, 0.2) is 0 Å². The average Bonchev–Trinajstić information content (AvgIpc) is 3.13. The predicted octanol–water partition coefficient (Wildman–Crippen LogP) is 8.30. The molecule has 0 heterocycles. The predicted molar refractivity (Wildman–Crippen MR) is 161 cm³/mol. The minimum atomic E-state index is -1.56. The lowest BCUT2D eigenvalue weighted by Crippen LogP contribution is -2.40. The first-order valence-electron chi connectivity index (χ1n) is 12.9. The Morgan fingerprint density at radius 2 is 0.829 bits per heavy atom. The van der Waals surface area contributed by atoms with E-state index in [1.165, 1.54) is 55.6 Å². The number of rotatable bonds is 4. The van der Waals surface area contributed by atoms with E-state index in [1.54, 1.807) is 10.4 Å². The van der Waals surface area contributed by atoms with Gasteiger partial charge in [-0.15, -0.1) is 0 Å². The van der Waals surface area contributed by atoms with Crippen molar-refractivity contribution >= 4 is 26.5 Å². The third-order valence-electron chi connectivity index (χ3n) is 7.64. The van der Waals surface area contributed by atoms with Crippen LogP contribution >= 0.6 is 0 Å². The van der Waals surface area contributed by atoms with Crippen LogP contribution in [0.3, 0.4) is 0 Å². The fraction of sp³-hybridized carbons (Fsp3) is 0.273. The summed E-state index contributed by atoms with van der Waals surface area (Å²) in [4.78, 5) is 0. The Bertz CT molecular complexity index is 1330. The van der Waals surface area contributed by atoms with E-state index in [0.29, 0.717) is 0 Å². The van der Waals surface area contributed by atoms with Gasteiger partial charge < -0.3 is 0 Å². The number of benzene rings is 4. The Morgan fingerprint density at radius 3 is 1.17 bits per heavy atom. The van der Waals surface area contributed by atoms with Crippen LogP contribution in [0.2, 0.25) is 39.3 Å². The lowest BCUT2D eigenvalue weighted by atomic mass is 9.95. The van der Waals surface area contributed by atoms with Crippen molar-refractivity contribution in [3.05, 3.63) is 95.1 Å². The van der Waals surface area contributed by atoms with Gasteiger partial charge in [0.25, 0.3) is 0 Å². The zero-order chi connectivity index (χ0) is 25.1. The Balaban J connectivity index is 1.76. The SMILES string of the molecule is Cc1ccccc1-c1cc2c(cc1[Si](C)(C)C)-c1cc([Si](C)(C)C)c(-c3ccccc3C)cc1C2. The molecule has 0 saturated carbocycles. The summed E-state index contributed by atoms with van der Waals surface area (Å²) < 4.78 is 0. The molecule has 0 aliphatic heterocycles. The summed E-state index contributed by atoms with van der Waals surface area (Å²) >= 11 is 0. The van der Waals surface area contributed by atoms with E-state index in [1.807, 2.05) is 0 Å². The van der Waals surface area contributed by atoms with E-state index in [-0.39, 0.29) is 0 Å². The minimum absolute atomic E-state index is 1.03. The summed E-state index contributed by atoms with van der Waals surface area (Å²) in [6.07, 6.45) is 1.03. The van der Waals surface area contributed by atoms with Gasteiger partial charge in [-0.25, -0.2) is 0 Å². The zero-order valence-corrected chi connectivity index (χ0v) is 24.6. The molecule has 2 heteroatoms. The monoisotopic (exact) mass is 490 g/mol. The van der Waals surface area contributed by atoms with Crippen LogP contribution in [0.4, 0.5) is 0 Å². The van der Waals surface area contributed by atoms with Gasteiger partial charge in [0.2, 0.25) is 0 Å². The Hall–Kier alpha value is -2.69. The molecular formula is C33H38Si2. The molecule has 0 saturated heterocycles. The van der Waals surface area contributed by atoms with Crippen LogP contribution in [0.25, 0.3) is 33.4 Å². The highest BCUT2D eigenvalue weighted by atomic mass is 28.3. The summed E-state index contributed by atoms with van der Waals surface area (Å²) in [6, 6.07) is 28.0. The second kappa shape index (κ2) is 8.46. The lowest BCUT2D eigenvalue weighted by molar-refractivity contribution is 1.26. The summed E-state index contributed by atoms with van der Waals surface area (Å²) in [6.45, 7) is 19.4. The third kappa shape index (κ3) is 4.28. The van der Waals surface area contributed by atoms with Gasteiger partial charge in [0, 0.05) is 0 Å². The van der Waals surface area contributed by atoms with E-state index in [2.05, 4.69) is 126 Å². The fourth-order valence-electron chi connectivity index (χ4n) is 5.73. The van der Waals surface area contributed by atoms with Crippen LogP contribution in [0.15, 0.2) is 72.8 Å². The van der Waals surface area contributed by atoms with Crippen LogP contribution in [0.1, 0.15) is 22.3 Å². The molecule has 0 bridgehead atoms. The molecule has 4 aromatic carbocycles. The van der Waals surface area contributed by atoms with E-state index >= 15 is 0 Å². The number of fused-ring (bicyclic) bond motifs is 3. The molecule has 0 N–H and O–H groups in total. The topological polar surface area (TPSA) is 0 Å². The maximum absolute atomic E-state index is 2.58. The van der Waals surface area contributed by atoms with Crippen molar-refractivity contribution in [3.63, 3.8) is 0 Å². The second-order valence-corrected chi connectivity index (χ2v) is 22.5. The van der Waals surface area contributed by atoms with Crippen molar-refractivity contribution in [1.82, 2.24) is 0 Å². The van der Waals surface area contributed by atoms with Gasteiger partial charge in [-0.1, -0.05) is 122 Å². The maximum Gasteiger partial charge on any atom is 0.0784 e. The molecule has 1 aliphatic rings. The third-order valence-corrected chi connectivity index (χ3v) is 11.7. The van der Waals surface area contributed by atoms with Gasteiger partial charge >= 0.3 is 0 Å². The number of aryl methyl sites for hydroxylation is 2. The molecule has 0 spiro atoms. The van der Waals surface area contributed by atoms with Crippen molar-refractivity contribution in [3.8, 4) is 33.4 Å². The Labute approximate surface area is 214 Å². The van der Waals surface area contributed by atoms with Crippen LogP contribution in [-0.2, 0) is 6.42 Å². The van der Waals surface area contributed by atoms with Crippen LogP contribution in [-0.4, -0.2) is 16.1 Å². The molecule has 1 aliphatic carbocycles. The van der Waals surface area contributed by atoms with Crippen molar-refractivity contribution in [2.45, 2.75) is 59.6 Å². The standard InChI is InChI=1S/C33H38Si2/c1-22-13-9-11-15-26(22)30-18-24-17-25-19-31(27-16-12-10-14-23(27)2)33(35(6,7)8)21-29(25)28(24)20-32(30)34(3,4)5/h9-16,18-21H,17H2,1-8H3. The lowest BCUT2D eigenvalue weighted by Gasteiger charge is -2.25. The first-order valence-corrected chi connectivity index (χ1v) is 19.9. The summed E-state index contributed by atoms with van der Waals surface area (Å²) in [5.74, 6) is 0.